The summed E-state index contributed by atoms with van der Waals surface area (Å²) in [5.41, 5.74) is -0.340. The number of ether oxygens (including phenoxy) is 1. The van der Waals surface area contributed by atoms with Crippen LogP contribution < -0.4 is 0 Å². The average molecular weight is 280 g/mol. The highest BCUT2D eigenvalue weighted by Crippen LogP contribution is 2.76. The maximum absolute atomic E-state index is 12.1. The van der Waals surface area contributed by atoms with Crippen LogP contribution in [0.3, 0.4) is 0 Å². The topological polar surface area (TPSA) is 66.8 Å². The molecule has 6 atom stereocenters. The second-order valence-electron chi connectivity index (χ2n) is 7.41. The summed E-state index contributed by atoms with van der Waals surface area (Å²) in [6.45, 7) is 6.30. The molecule has 112 valence electrons. The summed E-state index contributed by atoms with van der Waals surface area (Å²) in [6, 6.07) is 0. The molecule has 2 fully saturated rings. The molecule has 3 aliphatic rings. The summed E-state index contributed by atoms with van der Waals surface area (Å²) in [5, 5.41) is 21.2. The van der Waals surface area contributed by atoms with Gasteiger partial charge < -0.3 is 14.9 Å². The van der Waals surface area contributed by atoms with Gasteiger partial charge in [-0.05, 0) is 36.7 Å². The van der Waals surface area contributed by atoms with Crippen molar-refractivity contribution >= 4 is 5.97 Å². The fourth-order valence-corrected chi connectivity index (χ4v) is 5.48. The van der Waals surface area contributed by atoms with Gasteiger partial charge in [0.05, 0.1) is 19.3 Å². The van der Waals surface area contributed by atoms with E-state index in [9.17, 15) is 15.0 Å². The van der Waals surface area contributed by atoms with Gasteiger partial charge in [-0.3, -0.25) is 0 Å². The SMILES string of the molecule is COC(=O)C1=C[C@H](O)[C@]2(C)C[C@H]1[C@]1(C)CC[C@@H](O)[C@@]12C. The van der Waals surface area contributed by atoms with Gasteiger partial charge in [0.1, 0.15) is 0 Å². The van der Waals surface area contributed by atoms with Crippen LogP contribution in [0.25, 0.3) is 0 Å². The molecular formula is C16H24O4. The van der Waals surface area contributed by atoms with Gasteiger partial charge in [0.25, 0.3) is 0 Å². The van der Waals surface area contributed by atoms with Crippen LogP contribution in [0.4, 0.5) is 0 Å². The third-order valence-electron chi connectivity index (χ3n) is 7.16. The highest BCUT2D eigenvalue weighted by atomic mass is 16.5. The molecule has 2 bridgehead atoms. The maximum atomic E-state index is 12.1. The second kappa shape index (κ2) is 3.86. The highest BCUT2D eigenvalue weighted by Gasteiger charge is 2.74. The van der Waals surface area contributed by atoms with E-state index < -0.39 is 12.2 Å². The molecule has 0 aromatic rings. The summed E-state index contributed by atoms with van der Waals surface area (Å²) in [6.07, 6.45) is 2.88. The minimum atomic E-state index is -0.715. The maximum Gasteiger partial charge on any atom is 0.333 e. The molecule has 4 nitrogen and oxygen atoms in total. The van der Waals surface area contributed by atoms with Crippen molar-refractivity contribution in [2.24, 2.45) is 22.2 Å². The molecule has 0 radical (unpaired) electrons. The Balaban J connectivity index is 2.18. The van der Waals surface area contributed by atoms with Crippen molar-refractivity contribution in [3.63, 3.8) is 0 Å². The molecular weight excluding hydrogens is 256 g/mol. The molecule has 0 aromatic heterocycles. The first-order valence-electron chi connectivity index (χ1n) is 7.38. The van der Waals surface area contributed by atoms with Crippen molar-refractivity contribution in [3.05, 3.63) is 11.6 Å². The first-order valence-corrected chi connectivity index (χ1v) is 7.38. The van der Waals surface area contributed by atoms with Crippen molar-refractivity contribution in [2.45, 2.75) is 52.2 Å². The quantitative estimate of drug-likeness (QED) is 0.717. The Kier molecular flexibility index (Phi) is 2.72. The van der Waals surface area contributed by atoms with Crippen molar-refractivity contribution in [3.8, 4) is 0 Å². The van der Waals surface area contributed by atoms with E-state index in [-0.39, 0.29) is 28.1 Å². The summed E-state index contributed by atoms with van der Waals surface area (Å²) in [4.78, 5) is 12.1. The Labute approximate surface area is 119 Å². The summed E-state index contributed by atoms with van der Waals surface area (Å²) in [5.74, 6) is -0.284. The summed E-state index contributed by atoms with van der Waals surface area (Å²) in [7, 11) is 1.38. The molecule has 4 heteroatoms. The number of methoxy groups -OCH3 is 1. The first kappa shape index (κ1) is 14.1. The van der Waals surface area contributed by atoms with Crippen molar-refractivity contribution < 1.29 is 19.7 Å². The Morgan fingerprint density at radius 2 is 1.95 bits per heavy atom. The first-order chi connectivity index (χ1) is 9.22. The van der Waals surface area contributed by atoms with Crippen LogP contribution in [0.1, 0.15) is 40.0 Å². The molecule has 2 N–H and O–H groups in total. The molecule has 0 heterocycles. The molecule has 2 saturated carbocycles. The molecule has 0 amide bonds. The minimum Gasteiger partial charge on any atom is -0.466 e. The highest BCUT2D eigenvalue weighted by molar-refractivity contribution is 5.90. The number of aliphatic hydroxyl groups is 2. The predicted octanol–water partition coefficient (Wildman–Crippen LogP) is 1.65. The molecule has 0 aromatic carbocycles. The van der Waals surface area contributed by atoms with E-state index in [1.807, 2.05) is 0 Å². The second-order valence-corrected chi connectivity index (χ2v) is 7.41. The van der Waals surface area contributed by atoms with Gasteiger partial charge in [-0.15, -0.1) is 0 Å². The Hall–Kier alpha value is -0.870. The zero-order chi connectivity index (χ0) is 14.9. The van der Waals surface area contributed by atoms with E-state index in [1.54, 1.807) is 6.08 Å². The van der Waals surface area contributed by atoms with Gasteiger partial charge >= 0.3 is 5.97 Å². The van der Waals surface area contributed by atoms with Gasteiger partial charge in [0.15, 0.2) is 0 Å². The normalized spacial score (nSPS) is 53.5. The van der Waals surface area contributed by atoms with E-state index in [1.165, 1.54) is 7.11 Å². The molecule has 0 aliphatic heterocycles. The van der Waals surface area contributed by atoms with Gasteiger partial charge in [-0.1, -0.05) is 20.8 Å². The molecule has 3 rings (SSSR count). The lowest BCUT2D eigenvalue weighted by Gasteiger charge is -2.49. The largest absolute Gasteiger partial charge is 0.466 e. The van der Waals surface area contributed by atoms with Gasteiger partial charge in [0, 0.05) is 16.4 Å². The lowest BCUT2D eigenvalue weighted by molar-refractivity contribution is -0.137. The van der Waals surface area contributed by atoms with Crippen LogP contribution in [0.15, 0.2) is 11.6 Å². The smallest absolute Gasteiger partial charge is 0.333 e. The summed E-state index contributed by atoms with van der Waals surface area (Å²) < 4.78 is 4.89. The van der Waals surface area contributed by atoms with Crippen molar-refractivity contribution in [1.29, 1.82) is 0 Å². The Morgan fingerprint density at radius 3 is 2.55 bits per heavy atom. The lowest BCUT2D eigenvalue weighted by atomic mass is 9.57. The van der Waals surface area contributed by atoms with Crippen LogP contribution in [-0.2, 0) is 9.53 Å². The fraction of sp³-hybridized carbons (Fsp3) is 0.812. The van der Waals surface area contributed by atoms with Crippen LogP contribution in [0, 0.1) is 22.2 Å². The third kappa shape index (κ3) is 1.23. The minimum absolute atomic E-state index is 0.0606. The van der Waals surface area contributed by atoms with Crippen molar-refractivity contribution in [2.75, 3.05) is 7.11 Å². The average Bonchev–Trinajstić information content (AvgIpc) is 2.74. The van der Waals surface area contributed by atoms with Gasteiger partial charge in [-0.2, -0.15) is 0 Å². The number of esters is 1. The Bertz CT molecular complexity index is 499. The molecule has 3 aliphatic carbocycles. The number of rotatable bonds is 1. The van der Waals surface area contributed by atoms with E-state index in [0.717, 1.165) is 19.3 Å². The third-order valence-corrected chi connectivity index (χ3v) is 7.16. The van der Waals surface area contributed by atoms with Crippen LogP contribution in [0.5, 0.6) is 0 Å². The number of hydrogen-bond acceptors (Lipinski definition) is 4. The molecule has 0 saturated heterocycles. The Morgan fingerprint density at radius 1 is 1.30 bits per heavy atom. The molecule has 0 spiro atoms. The predicted molar refractivity (Wildman–Crippen MR) is 73.8 cm³/mol. The number of carbonyl (C=O) groups excluding carboxylic acids is 1. The zero-order valence-corrected chi connectivity index (χ0v) is 12.6. The van der Waals surface area contributed by atoms with Crippen LogP contribution in [-0.4, -0.2) is 35.5 Å². The van der Waals surface area contributed by atoms with Gasteiger partial charge in [-0.25, -0.2) is 4.79 Å². The standard InChI is InChI=1S/C16H24O4/c1-14-6-5-11(17)16(14,3)15(2)8-10(14)9(7-12(15)18)13(19)20-4/h7,10-12,17-18H,5-6,8H2,1-4H3/t10-,11-,12+,14+,15+,16+/m1/s1. The van der Waals surface area contributed by atoms with Crippen LogP contribution >= 0.6 is 0 Å². The monoisotopic (exact) mass is 280 g/mol. The lowest BCUT2D eigenvalue weighted by Crippen LogP contribution is -2.51. The number of carbonyl (C=O) groups is 1. The zero-order valence-electron chi connectivity index (χ0n) is 12.6. The summed E-state index contributed by atoms with van der Waals surface area (Å²) >= 11 is 0. The van der Waals surface area contributed by atoms with E-state index in [4.69, 9.17) is 4.74 Å². The fourth-order valence-electron chi connectivity index (χ4n) is 5.48. The number of aliphatic hydroxyl groups excluding tert-OH is 2. The van der Waals surface area contributed by atoms with Crippen molar-refractivity contribution in [1.82, 2.24) is 0 Å². The van der Waals surface area contributed by atoms with E-state index >= 15 is 0 Å². The van der Waals surface area contributed by atoms with E-state index in [2.05, 4.69) is 20.8 Å². The van der Waals surface area contributed by atoms with Gasteiger partial charge in [0.2, 0.25) is 0 Å². The number of hydrogen-bond donors (Lipinski definition) is 2. The molecule has 0 unspecified atom stereocenters. The van der Waals surface area contributed by atoms with E-state index in [0.29, 0.717) is 5.57 Å². The number of fused-ring (bicyclic) bond motifs is 5. The van der Waals surface area contributed by atoms with Crippen LogP contribution in [0.2, 0.25) is 0 Å². The molecule has 20 heavy (non-hydrogen) atoms.